The molecule has 0 aliphatic heterocycles. The first-order valence-electron chi connectivity index (χ1n) is 13.8. The molecule has 1 aliphatic carbocycles. The van der Waals surface area contributed by atoms with Gasteiger partial charge in [0.05, 0.1) is 22.4 Å². The number of benzene rings is 3. The maximum absolute atomic E-state index is 12.2. The van der Waals surface area contributed by atoms with Crippen LogP contribution in [0.3, 0.4) is 0 Å². The van der Waals surface area contributed by atoms with Crippen molar-refractivity contribution >= 4 is 37.3 Å². The molecule has 5 atom stereocenters. The lowest BCUT2D eigenvalue weighted by Crippen LogP contribution is -2.37. The smallest absolute Gasteiger partial charge is 0.124 e. The average Bonchev–Trinajstić information content (AvgIpc) is 2.88. The van der Waals surface area contributed by atoms with E-state index >= 15 is 0 Å². The Morgan fingerprint density at radius 1 is 0.816 bits per heavy atom. The van der Waals surface area contributed by atoms with E-state index in [0.717, 1.165) is 39.9 Å². The van der Waals surface area contributed by atoms with Crippen LogP contribution in [0.15, 0.2) is 54.6 Å². The van der Waals surface area contributed by atoms with Crippen LogP contribution in [0.25, 0.3) is 0 Å². The minimum atomic E-state index is -1.30. The lowest BCUT2D eigenvalue weighted by molar-refractivity contribution is 0.236. The van der Waals surface area contributed by atoms with E-state index in [1.807, 2.05) is 0 Å². The lowest BCUT2D eigenvalue weighted by Gasteiger charge is -2.40. The zero-order valence-corrected chi connectivity index (χ0v) is 26.1. The van der Waals surface area contributed by atoms with E-state index in [1.165, 1.54) is 28.8 Å². The average molecular weight is 551 g/mol. The molecular weight excluding hydrogens is 506 g/mol. The van der Waals surface area contributed by atoms with E-state index in [-0.39, 0.29) is 0 Å². The summed E-state index contributed by atoms with van der Waals surface area (Å²) in [5.41, 5.74) is 3.75. The molecule has 2 unspecified atom stereocenters. The minimum Gasteiger partial charge on any atom is -0.496 e. The largest absolute Gasteiger partial charge is 0.496 e. The molecule has 0 spiro atoms. The molecule has 1 aliphatic rings. The van der Waals surface area contributed by atoms with Crippen molar-refractivity contribution in [1.29, 1.82) is 0 Å². The zero-order chi connectivity index (χ0) is 27.6. The van der Waals surface area contributed by atoms with Crippen molar-refractivity contribution in [2.24, 2.45) is 17.8 Å². The predicted molar refractivity (Wildman–Crippen MR) is 166 cm³/mol. The van der Waals surface area contributed by atoms with Gasteiger partial charge in [-0.15, -0.1) is 0 Å². The van der Waals surface area contributed by atoms with Gasteiger partial charge < -0.3 is 14.4 Å². The standard InChI is InChI=1S/C33H44O3P2/c1-21(2)28-15-13-22(3)17-32(28)38(34)31-12-10-9-11-30(31)37(26-14-16-29(35-7)23(4)18-26)27-19-24(5)33(36-8)25(6)20-27/h9-12,14,16,18-22,28,32,34H,13,15,17H2,1-8H3/t22-,28+,32-,37?,38?/m1/s1. The fourth-order valence-corrected chi connectivity index (χ4v) is 11.8. The van der Waals surface area contributed by atoms with Crippen LogP contribution in [0.5, 0.6) is 11.5 Å². The normalized spacial score (nSPS) is 21.3. The van der Waals surface area contributed by atoms with Gasteiger partial charge in [-0.1, -0.05) is 57.5 Å². The Kier molecular flexibility index (Phi) is 9.57. The molecule has 3 aromatic rings. The Morgan fingerprint density at radius 3 is 2.03 bits per heavy atom. The first kappa shape index (κ1) is 29.1. The summed E-state index contributed by atoms with van der Waals surface area (Å²) in [5.74, 6) is 3.66. The van der Waals surface area contributed by atoms with Gasteiger partial charge >= 0.3 is 0 Å². The molecule has 1 N–H and O–H groups in total. The van der Waals surface area contributed by atoms with Crippen molar-refractivity contribution in [1.82, 2.24) is 0 Å². The molecule has 38 heavy (non-hydrogen) atoms. The molecule has 4 rings (SSSR count). The molecule has 1 fully saturated rings. The van der Waals surface area contributed by atoms with Gasteiger partial charge in [-0.2, -0.15) is 0 Å². The molecular formula is C33H44O3P2. The fraction of sp³-hybridized carbons (Fsp3) is 0.455. The summed E-state index contributed by atoms with van der Waals surface area (Å²) < 4.78 is 11.3. The van der Waals surface area contributed by atoms with Crippen molar-refractivity contribution in [3.05, 3.63) is 71.3 Å². The summed E-state index contributed by atoms with van der Waals surface area (Å²) in [6.07, 6.45) is 3.60. The number of ether oxygens (including phenoxy) is 2. The van der Waals surface area contributed by atoms with Crippen LogP contribution in [0, 0.1) is 38.5 Å². The summed E-state index contributed by atoms with van der Waals surface area (Å²) in [7, 11) is 1.27. The van der Waals surface area contributed by atoms with Gasteiger partial charge in [0.25, 0.3) is 0 Å². The van der Waals surface area contributed by atoms with E-state index in [4.69, 9.17) is 9.47 Å². The minimum absolute atomic E-state index is 0.337. The fourth-order valence-electron chi connectivity index (χ4n) is 6.27. The number of rotatable bonds is 8. The molecule has 0 saturated heterocycles. The van der Waals surface area contributed by atoms with Gasteiger partial charge in [-0.3, -0.25) is 0 Å². The molecule has 0 aromatic heterocycles. The topological polar surface area (TPSA) is 38.7 Å². The third kappa shape index (κ3) is 5.96. The van der Waals surface area contributed by atoms with Crippen molar-refractivity contribution in [2.45, 2.75) is 66.5 Å². The van der Waals surface area contributed by atoms with Gasteiger partial charge in [0.15, 0.2) is 0 Å². The Labute approximate surface area is 232 Å². The molecule has 204 valence electrons. The third-order valence-electron chi connectivity index (χ3n) is 8.21. The highest BCUT2D eigenvalue weighted by Crippen LogP contribution is 2.51. The monoisotopic (exact) mass is 550 g/mol. The van der Waals surface area contributed by atoms with E-state index < -0.39 is 16.1 Å². The Balaban J connectivity index is 1.89. The number of hydrogen-bond donors (Lipinski definition) is 1. The highest BCUT2D eigenvalue weighted by Gasteiger charge is 2.37. The van der Waals surface area contributed by atoms with Crippen molar-refractivity contribution in [2.75, 3.05) is 14.2 Å². The Morgan fingerprint density at radius 2 is 1.45 bits per heavy atom. The second kappa shape index (κ2) is 12.5. The molecule has 3 nitrogen and oxygen atoms in total. The quantitative estimate of drug-likeness (QED) is 0.312. The molecule has 3 aromatic carbocycles. The number of aryl methyl sites for hydroxylation is 3. The van der Waals surface area contributed by atoms with E-state index in [9.17, 15) is 4.89 Å². The van der Waals surface area contributed by atoms with Crippen LogP contribution < -0.4 is 30.7 Å². The Bertz CT molecular complexity index is 1230. The van der Waals surface area contributed by atoms with Crippen LogP contribution in [0.2, 0.25) is 0 Å². The van der Waals surface area contributed by atoms with Crippen LogP contribution >= 0.6 is 16.1 Å². The SMILES string of the molecule is COc1ccc(P(c2cc(C)c(OC)c(C)c2)c2ccccc2P(O)[C@@H]2C[C@H](C)CC[C@H]2C(C)C)cc1C. The highest BCUT2D eigenvalue weighted by molar-refractivity contribution is 7.81. The van der Waals surface area contributed by atoms with Crippen molar-refractivity contribution in [3.8, 4) is 11.5 Å². The van der Waals surface area contributed by atoms with E-state index in [0.29, 0.717) is 23.4 Å². The maximum Gasteiger partial charge on any atom is 0.124 e. The van der Waals surface area contributed by atoms with E-state index in [2.05, 4.69) is 96.1 Å². The molecule has 0 radical (unpaired) electrons. The van der Waals surface area contributed by atoms with Crippen molar-refractivity contribution in [3.63, 3.8) is 0 Å². The zero-order valence-electron chi connectivity index (χ0n) is 24.3. The van der Waals surface area contributed by atoms with E-state index in [1.54, 1.807) is 14.2 Å². The molecule has 0 heterocycles. The molecule has 0 bridgehead atoms. The maximum atomic E-state index is 12.2. The van der Waals surface area contributed by atoms with Gasteiger partial charge in [-0.05, 0) is 116 Å². The third-order valence-corrected chi connectivity index (χ3v) is 12.9. The number of hydrogen-bond acceptors (Lipinski definition) is 3. The van der Waals surface area contributed by atoms with Gasteiger partial charge in [0.2, 0.25) is 0 Å². The first-order valence-corrected chi connectivity index (χ1v) is 16.5. The predicted octanol–water partition coefficient (Wildman–Crippen LogP) is 6.86. The first-order chi connectivity index (χ1) is 18.2. The Hall–Kier alpha value is -1.92. The summed E-state index contributed by atoms with van der Waals surface area (Å²) in [5, 5.41) is 4.98. The summed E-state index contributed by atoms with van der Waals surface area (Å²) in [4.78, 5) is 12.2. The van der Waals surface area contributed by atoms with Gasteiger partial charge in [0, 0.05) is 11.0 Å². The van der Waals surface area contributed by atoms with Crippen molar-refractivity contribution < 1.29 is 14.4 Å². The summed E-state index contributed by atoms with van der Waals surface area (Å²) >= 11 is 0. The lowest BCUT2D eigenvalue weighted by atomic mass is 9.77. The summed E-state index contributed by atoms with van der Waals surface area (Å²) in [6, 6.07) is 19.9. The van der Waals surface area contributed by atoms with Crippen LogP contribution in [-0.4, -0.2) is 24.8 Å². The molecule has 0 amide bonds. The number of methoxy groups -OCH3 is 2. The molecule has 1 saturated carbocycles. The highest BCUT2D eigenvalue weighted by atomic mass is 31.1. The second-order valence-electron chi connectivity index (χ2n) is 11.3. The van der Waals surface area contributed by atoms with Gasteiger partial charge in [-0.25, -0.2) is 0 Å². The van der Waals surface area contributed by atoms with Gasteiger partial charge in [0.1, 0.15) is 11.5 Å². The second-order valence-corrected chi connectivity index (χ2v) is 15.3. The summed E-state index contributed by atoms with van der Waals surface area (Å²) in [6.45, 7) is 13.4. The van der Waals surface area contributed by atoms with Crippen LogP contribution in [0.1, 0.15) is 56.7 Å². The molecule has 5 heteroatoms. The van der Waals surface area contributed by atoms with Crippen LogP contribution in [0.4, 0.5) is 0 Å². The van der Waals surface area contributed by atoms with Crippen LogP contribution in [-0.2, 0) is 0 Å².